The maximum absolute atomic E-state index is 5.78. The van der Waals surface area contributed by atoms with Crippen molar-refractivity contribution >= 4 is 11.6 Å². The van der Waals surface area contributed by atoms with Crippen molar-refractivity contribution in [2.75, 3.05) is 18.2 Å². The second-order valence-electron chi connectivity index (χ2n) is 5.10. The van der Waals surface area contributed by atoms with Gasteiger partial charge >= 0.3 is 0 Å². The molecule has 1 aromatic carbocycles. The van der Waals surface area contributed by atoms with Crippen LogP contribution in [0.1, 0.15) is 24.7 Å². The van der Waals surface area contributed by atoms with E-state index in [1.54, 1.807) is 13.2 Å². The molecule has 5 heteroatoms. The molecule has 3 N–H and O–H groups in total. The molecule has 5 nitrogen and oxygen atoms in total. The molecule has 2 rings (SSSR count). The highest BCUT2D eigenvalue weighted by molar-refractivity contribution is 5.45. The van der Waals surface area contributed by atoms with Crippen LogP contribution in [0.2, 0.25) is 0 Å². The van der Waals surface area contributed by atoms with Gasteiger partial charge in [0.2, 0.25) is 0 Å². The first kappa shape index (κ1) is 15.3. The Bertz CT molecular complexity index is 559. The highest BCUT2D eigenvalue weighted by Crippen LogP contribution is 2.13. The van der Waals surface area contributed by atoms with E-state index < -0.39 is 0 Å². The summed E-state index contributed by atoms with van der Waals surface area (Å²) in [5, 5.41) is 3.37. The molecule has 0 spiro atoms. The fraction of sp³-hybridized carbons (Fsp3) is 0.375. The van der Waals surface area contributed by atoms with Gasteiger partial charge in [-0.15, -0.1) is 0 Å². The van der Waals surface area contributed by atoms with Gasteiger partial charge in [0.25, 0.3) is 0 Å². The number of hydrogen-bond donors (Lipinski definition) is 2. The van der Waals surface area contributed by atoms with Crippen LogP contribution in [-0.2, 0) is 17.8 Å². The number of nitrogens with one attached hydrogen (secondary N) is 1. The van der Waals surface area contributed by atoms with Gasteiger partial charge in [-0.2, -0.15) is 0 Å². The first-order chi connectivity index (χ1) is 10.2. The van der Waals surface area contributed by atoms with E-state index in [-0.39, 0.29) is 0 Å². The molecule has 0 radical (unpaired) electrons. The van der Waals surface area contributed by atoms with Gasteiger partial charge in [0.15, 0.2) is 5.82 Å². The largest absolute Gasteiger partial charge is 0.384 e. The number of aryl methyl sites for hydroxylation is 1. The lowest BCUT2D eigenvalue weighted by molar-refractivity contribution is 0.178. The van der Waals surface area contributed by atoms with Crippen LogP contribution < -0.4 is 11.1 Å². The Balaban J connectivity index is 1.91. The van der Waals surface area contributed by atoms with Gasteiger partial charge in [0.1, 0.15) is 18.2 Å². The van der Waals surface area contributed by atoms with E-state index in [2.05, 4.69) is 46.5 Å². The van der Waals surface area contributed by atoms with Crippen LogP contribution in [0.25, 0.3) is 0 Å². The molecule has 0 aliphatic heterocycles. The number of nitrogen functional groups attached to an aromatic ring is 1. The van der Waals surface area contributed by atoms with Crippen molar-refractivity contribution in [1.82, 2.24) is 9.97 Å². The Labute approximate surface area is 125 Å². The third kappa shape index (κ3) is 5.04. The lowest BCUT2D eigenvalue weighted by Gasteiger charge is -2.15. The van der Waals surface area contributed by atoms with E-state index in [0.717, 1.165) is 18.7 Å². The number of anilines is 2. The maximum Gasteiger partial charge on any atom is 0.158 e. The number of rotatable bonds is 7. The Morgan fingerprint density at radius 3 is 2.71 bits per heavy atom. The second kappa shape index (κ2) is 7.59. The quantitative estimate of drug-likeness (QED) is 0.818. The predicted molar refractivity (Wildman–Crippen MR) is 85.0 cm³/mol. The fourth-order valence-electron chi connectivity index (χ4n) is 2.14. The van der Waals surface area contributed by atoms with Crippen molar-refractivity contribution < 1.29 is 4.74 Å². The van der Waals surface area contributed by atoms with Gasteiger partial charge in [-0.1, -0.05) is 30.3 Å². The zero-order valence-electron chi connectivity index (χ0n) is 12.5. The number of methoxy groups -OCH3 is 1. The standard InChI is InChI=1S/C16H22N4O/c1-12(8-9-13-6-4-3-5-7-13)18-15-10-14(17)19-16(20-15)11-21-2/h3-7,10,12H,8-9,11H2,1-2H3,(H3,17,18,19,20). The summed E-state index contributed by atoms with van der Waals surface area (Å²) in [6.45, 7) is 2.50. The SMILES string of the molecule is COCc1nc(N)cc(NC(C)CCc2ccccc2)n1. The smallest absolute Gasteiger partial charge is 0.158 e. The van der Waals surface area contributed by atoms with E-state index in [9.17, 15) is 0 Å². The third-order valence-electron chi connectivity index (χ3n) is 3.17. The molecule has 112 valence electrons. The van der Waals surface area contributed by atoms with E-state index >= 15 is 0 Å². The van der Waals surface area contributed by atoms with Crippen LogP contribution >= 0.6 is 0 Å². The minimum absolute atomic E-state index is 0.301. The summed E-state index contributed by atoms with van der Waals surface area (Å²) in [5.74, 6) is 1.79. The molecule has 0 aliphatic carbocycles. The van der Waals surface area contributed by atoms with Crippen molar-refractivity contribution in [3.63, 3.8) is 0 Å². The second-order valence-corrected chi connectivity index (χ2v) is 5.10. The van der Waals surface area contributed by atoms with Crippen LogP contribution in [0.3, 0.4) is 0 Å². The van der Waals surface area contributed by atoms with Gasteiger partial charge in [0, 0.05) is 19.2 Å². The zero-order chi connectivity index (χ0) is 15.1. The number of benzene rings is 1. The fourth-order valence-corrected chi connectivity index (χ4v) is 2.14. The predicted octanol–water partition coefficient (Wildman–Crippen LogP) is 2.64. The Morgan fingerprint density at radius 1 is 1.24 bits per heavy atom. The summed E-state index contributed by atoms with van der Waals surface area (Å²) in [7, 11) is 1.61. The van der Waals surface area contributed by atoms with Gasteiger partial charge in [-0.3, -0.25) is 0 Å². The Hall–Kier alpha value is -2.14. The van der Waals surface area contributed by atoms with E-state index in [4.69, 9.17) is 10.5 Å². The molecular weight excluding hydrogens is 264 g/mol. The number of nitrogens with two attached hydrogens (primary N) is 1. The van der Waals surface area contributed by atoms with Gasteiger partial charge < -0.3 is 15.8 Å². The molecule has 21 heavy (non-hydrogen) atoms. The van der Waals surface area contributed by atoms with Crippen molar-refractivity contribution in [2.45, 2.75) is 32.4 Å². The third-order valence-corrected chi connectivity index (χ3v) is 3.17. The summed E-state index contributed by atoms with van der Waals surface area (Å²) < 4.78 is 5.04. The van der Waals surface area contributed by atoms with Crippen molar-refractivity contribution in [3.8, 4) is 0 Å². The van der Waals surface area contributed by atoms with Crippen molar-refractivity contribution in [1.29, 1.82) is 0 Å². The van der Waals surface area contributed by atoms with Crippen LogP contribution in [0.4, 0.5) is 11.6 Å². The van der Waals surface area contributed by atoms with E-state index in [0.29, 0.717) is 24.3 Å². The highest BCUT2D eigenvalue weighted by Gasteiger charge is 2.07. The Morgan fingerprint density at radius 2 is 2.00 bits per heavy atom. The minimum Gasteiger partial charge on any atom is -0.384 e. The molecule has 0 saturated carbocycles. The summed E-state index contributed by atoms with van der Waals surface area (Å²) in [6.07, 6.45) is 2.05. The molecule has 0 saturated heterocycles. The number of hydrogen-bond acceptors (Lipinski definition) is 5. The minimum atomic E-state index is 0.301. The average Bonchev–Trinajstić information content (AvgIpc) is 2.46. The molecular formula is C16H22N4O. The van der Waals surface area contributed by atoms with Crippen molar-refractivity contribution in [2.24, 2.45) is 0 Å². The molecule has 0 bridgehead atoms. The summed E-state index contributed by atoms with van der Waals surface area (Å²) in [4.78, 5) is 8.52. The molecule has 0 aliphatic rings. The summed E-state index contributed by atoms with van der Waals surface area (Å²) in [5.41, 5.74) is 7.12. The normalized spacial score (nSPS) is 12.1. The van der Waals surface area contributed by atoms with E-state index in [1.165, 1.54) is 5.56 Å². The van der Waals surface area contributed by atoms with Gasteiger partial charge in [0.05, 0.1) is 0 Å². The summed E-state index contributed by atoms with van der Waals surface area (Å²) >= 11 is 0. The van der Waals surface area contributed by atoms with Crippen LogP contribution in [0.5, 0.6) is 0 Å². The first-order valence-corrected chi connectivity index (χ1v) is 7.10. The molecule has 2 aromatic rings. The lowest BCUT2D eigenvalue weighted by atomic mass is 10.1. The monoisotopic (exact) mass is 286 g/mol. The Kier molecular flexibility index (Phi) is 5.51. The molecule has 1 heterocycles. The summed E-state index contributed by atoms with van der Waals surface area (Å²) in [6, 6.07) is 12.5. The van der Waals surface area contributed by atoms with Crippen LogP contribution in [-0.4, -0.2) is 23.1 Å². The van der Waals surface area contributed by atoms with Crippen LogP contribution in [0.15, 0.2) is 36.4 Å². The van der Waals surface area contributed by atoms with Gasteiger partial charge in [-0.25, -0.2) is 9.97 Å². The highest BCUT2D eigenvalue weighted by atomic mass is 16.5. The number of nitrogens with zero attached hydrogens (tertiary/aromatic N) is 2. The van der Waals surface area contributed by atoms with Gasteiger partial charge in [-0.05, 0) is 25.3 Å². The zero-order valence-corrected chi connectivity index (χ0v) is 12.5. The van der Waals surface area contributed by atoms with Crippen molar-refractivity contribution in [3.05, 3.63) is 47.8 Å². The average molecular weight is 286 g/mol. The van der Waals surface area contributed by atoms with E-state index in [1.807, 2.05) is 6.07 Å². The lowest BCUT2D eigenvalue weighted by Crippen LogP contribution is -2.18. The molecule has 0 amide bonds. The first-order valence-electron chi connectivity index (χ1n) is 7.10. The number of ether oxygens (including phenoxy) is 1. The molecule has 1 unspecified atom stereocenters. The molecule has 1 atom stereocenters. The number of aromatic nitrogens is 2. The topological polar surface area (TPSA) is 73.1 Å². The molecule has 0 fully saturated rings. The van der Waals surface area contributed by atoms with Crippen LogP contribution in [0, 0.1) is 0 Å². The molecule has 1 aromatic heterocycles. The maximum atomic E-state index is 5.78.